The number of ether oxygens (including phenoxy) is 1. The molecule has 0 aromatic heterocycles. The van der Waals surface area contributed by atoms with Gasteiger partial charge >= 0.3 is 6.18 Å². The molecule has 1 aliphatic rings. The number of rotatable bonds is 4. The van der Waals surface area contributed by atoms with Crippen LogP contribution in [-0.2, 0) is 4.79 Å². The summed E-state index contributed by atoms with van der Waals surface area (Å²) in [6.45, 7) is 3.69. The fourth-order valence-electron chi connectivity index (χ4n) is 2.58. The van der Waals surface area contributed by atoms with E-state index < -0.39 is 18.8 Å². The van der Waals surface area contributed by atoms with Crippen LogP contribution in [0, 0.1) is 6.92 Å². The molecule has 1 unspecified atom stereocenters. The number of halogens is 3. The van der Waals surface area contributed by atoms with Crippen molar-refractivity contribution < 1.29 is 22.7 Å². The number of hydrogen-bond donors (Lipinski definition) is 0. The highest BCUT2D eigenvalue weighted by Gasteiger charge is 2.33. The first kappa shape index (κ1) is 17.6. The van der Waals surface area contributed by atoms with E-state index in [0.29, 0.717) is 5.75 Å². The van der Waals surface area contributed by atoms with Crippen LogP contribution in [0.5, 0.6) is 5.75 Å². The van der Waals surface area contributed by atoms with Gasteiger partial charge in [0.25, 0.3) is 5.91 Å². The summed E-state index contributed by atoms with van der Waals surface area (Å²) >= 11 is 0. The van der Waals surface area contributed by atoms with Gasteiger partial charge in [-0.25, -0.2) is 0 Å². The van der Waals surface area contributed by atoms with E-state index in [0.717, 1.165) is 5.56 Å². The molecule has 128 valence electrons. The van der Waals surface area contributed by atoms with E-state index in [9.17, 15) is 18.0 Å². The van der Waals surface area contributed by atoms with Crippen molar-refractivity contribution in [3.8, 4) is 5.75 Å². The standard InChI is InChI=1S/C16H21F3N2O2/c1-12-4-3-5-14(10-12)23-13(2)15(22)21-8-6-20(7-9-21)11-16(17,18)19/h3-5,10,13H,6-9,11H2,1-2H3. The summed E-state index contributed by atoms with van der Waals surface area (Å²) in [4.78, 5) is 15.2. The van der Waals surface area contributed by atoms with Crippen molar-refractivity contribution in [3.05, 3.63) is 29.8 Å². The highest BCUT2D eigenvalue weighted by atomic mass is 19.4. The van der Waals surface area contributed by atoms with Gasteiger partial charge < -0.3 is 9.64 Å². The van der Waals surface area contributed by atoms with Crippen LogP contribution in [0.3, 0.4) is 0 Å². The number of carbonyl (C=O) groups is 1. The van der Waals surface area contributed by atoms with E-state index in [2.05, 4.69) is 0 Å². The van der Waals surface area contributed by atoms with Crippen molar-refractivity contribution in [2.24, 2.45) is 0 Å². The van der Waals surface area contributed by atoms with Crippen LogP contribution in [-0.4, -0.2) is 60.7 Å². The molecule has 23 heavy (non-hydrogen) atoms. The number of aryl methyl sites for hydroxylation is 1. The van der Waals surface area contributed by atoms with Gasteiger partial charge in [-0.05, 0) is 31.5 Å². The Morgan fingerprint density at radius 3 is 2.48 bits per heavy atom. The van der Waals surface area contributed by atoms with E-state index in [4.69, 9.17) is 4.74 Å². The second-order valence-corrected chi connectivity index (χ2v) is 5.79. The Morgan fingerprint density at radius 1 is 1.26 bits per heavy atom. The molecular weight excluding hydrogens is 309 g/mol. The number of benzene rings is 1. The lowest BCUT2D eigenvalue weighted by Crippen LogP contribution is -2.53. The average molecular weight is 330 g/mol. The third-order valence-electron chi connectivity index (χ3n) is 3.74. The fraction of sp³-hybridized carbons (Fsp3) is 0.562. The van der Waals surface area contributed by atoms with E-state index in [1.54, 1.807) is 17.9 Å². The minimum atomic E-state index is -4.20. The molecule has 4 nitrogen and oxygen atoms in total. The Kier molecular flexibility index (Phi) is 5.51. The van der Waals surface area contributed by atoms with Gasteiger partial charge in [-0.15, -0.1) is 0 Å². The summed E-state index contributed by atoms with van der Waals surface area (Å²) in [6, 6.07) is 7.39. The van der Waals surface area contributed by atoms with Gasteiger partial charge in [0.05, 0.1) is 6.54 Å². The average Bonchev–Trinajstić information content (AvgIpc) is 2.45. The van der Waals surface area contributed by atoms with Crippen molar-refractivity contribution in [1.29, 1.82) is 0 Å². The summed E-state index contributed by atoms with van der Waals surface area (Å²) in [5.41, 5.74) is 1.03. The first-order valence-electron chi connectivity index (χ1n) is 7.56. The molecule has 1 saturated heterocycles. The Bertz CT molecular complexity index is 540. The zero-order valence-corrected chi connectivity index (χ0v) is 13.3. The highest BCUT2D eigenvalue weighted by Crippen LogP contribution is 2.18. The number of amides is 1. The molecule has 1 atom stereocenters. The molecule has 1 heterocycles. The maximum atomic E-state index is 12.4. The van der Waals surface area contributed by atoms with Gasteiger partial charge in [-0.2, -0.15) is 13.2 Å². The molecule has 1 aromatic carbocycles. The highest BCUT2D eigenvalue weighted by molar-refractivity contribution is 5.81. The second kappa shape index (κ2) is 7.21. The molecular formula is C16H21F3N2O2. The maximum Gasteiger partial charge on any atom is 0.401 e. The third-order valence-corrected chi connectivity index (χ3v) is 3.74. The number of hydrogen-bond acceptors (Lipinski definition) is 3. The zero-order chi connectivity index (χ0) is 17.0. The van der Waals surface area contributed by atoms with Crippen molar-refractivity contribution in [2.45, 2.75) is 26.1 Å². The molecule has 0 radical (unpaired) electrons. The first-order chi connectivity index (χ1) is 10.7. The van der Waals surface area contributed by atoms with E-state index in [1.165, 1.54) is 4.90 Å². The van der Waals surface area contributed by atoms with Crippen LogP contribution in [0.15, 0.2) is 24.3 Å². The Labute approximate surface area is 133 Å². The van der Waals surface area contributed by atoms with Gasteiger partial charge in [-0.3, -0.25) is 9.69 Å². The number of piperazine rings is 1. The van der Waals surface area contributed by atoms with Crippen molar-refractivity contribution >= 4 is 5.91 Å². The molecule has 0 saturated carbocycles. The zero-order valence-electron chi connectivity index (χ0n) is 13.3. The van der Waals surface area contributed by atoms with Crippen LogP contribution < -0.4 is 4.74 Å². The van der Waals surface area contributed by atoms with Crippen LogP contribution in [0.25, 0.3) is 0 Å². The summed E-state index contributed by atoms with van der Waals surface area (Å²) in [5, 5.41) is 0. The van der Waals surface area contributed by atoms with Crippen molar-refractivity contribution in [3.63, 3.8) is 0 Å². The normalized spacial score (nSPS) is 17.9. The third kappa shape index (κ3) is 5.42. The van der Waals surface area contributed by atoms with Gasteiger partial charge in [0.1, 0.15) is 5.75 Å². The van der Waals surface area contributed by atoms with Crippen LogP contribution in [0.2, 0.25) is 0 Å². The fourth-order valence-corrected chi connectivity index (χ4v) is 2.58. The number of carbonyl (C=O) groups excluding carboxylic acids is 1. The molecule has 0 bridgehead atoms. The molecule has 1 aromatic rings. The van der Waals surface area contributed by atoms with Crippen molar-refractivity contribution in [1.82, 2.24) is 9.80 Å². The molecule has 2 rings (SSSR count). The molecule has 1 fully saturated rings. The number of nitrogens with zero attached hydrogens (tertiary/aromatic N) is 2. The van der Waals surface area contributed by atoms with Gasteiger partial charge in [0.2, 0.25) is 0 Å². The second-order valence-electron chi connectivity index (χ2n) is 5.79. The molecule has 1 amide bonds. The SMILES string of the molecule is Cc1cccc(OC(C)C(=O)N2CCN(CC(F)(F)F)CC2)c1. The summed E-state index contributed by atoms with van der Waals surface area (Å²) < 4.78 is 42.7. The topological polar surface area (TPSA) is 32.8 Å². The largest absolute Gasteiger partial charge is 0.481 e. The monoisotopic (exact) mass is 330 g/mol. The molecule has 0 aliphatic carbocycles. The van der Waals surface area contributed by atoms with Crippen molar-refractivity contribution in [2.75, 3.05) is 32.7 Å². The molecule has 0 spiro atoms. The minimum absolute atomic E-state index is 0.196. The predicted molar refractivity (Wildman–Crippen MR) is 80.3 cm³/mol. The van der Waals surface area contributed by atoms with Gasteiger partial charge in [-0.1, -0.05) is 12.1 Å². The van der Waals surface area contributed by atoms with Crippen LogP contribution in [0.4, 0.5) is 13.2 Å². The van der Waals surface area contributed by atoms with E-state index in [-0.39, 0.29) is 32.1 Å². The lowest BCUT2D eigenvalue weighted by molar-refractivity contribution is -0.153. The Balaban J connectivity index is 1.84. The molecule has 1 aliphatic heterocycles. The van der Waals surface area contributed by atoms with Crippen LogP contribution >= 0.6 is 0 Å². The lowest BCUT2D eigenvalue weighted by Gasteiger charge is -2.36. The van der Waals surface area contributed by atoms with E-state index >= 15 is 0 Å². The van der Waals surface area contributed by atoms with Crippen LogP contribution in [0.1, 0.15) is 12.5 Å². The maximum absolute atomic E-state index is 12.4. The summed E-state index contributed by atoms with van der Waals surface area (Å²) in [6.07, 6.45) is -4.86. The van der Waals surface area contributed by atoms with Gasteiger partial charge in [0.15, 0.2) is 6.10 Å². The Morgan fingerprint density at radius 2 is 1.91 bits per heavy atom. The summed E-state index contributed by atoms with van der Waals surface area (Å²) in [5.74, 6) is 0.416. The quantitative estimate of drug-likeness (QED) is 0.850. The Hall–Kier alpha value is -1.76. The summed E-state index contributed by atoms with van der Waals surface area (Å²) in [7, 11) is 0. The first-order valence-corrected chi connectivity index (χ1v) is 7.56. The lowest BCUT2D eigenvalue weighted by atomic mass is 10.2. The minimum Gasteiger partial charge on any atom is -0.481 e. The smallest absolute Gasteiger partial charge is 0.401 e. The predicted octanol–water partition coefficient (Wildman–Crippen LogP) is 2.47. The molecule has 0 N–H and O–H groups in total. The molecule has 7 heteroatoms. The number of alkyl halides is 3. The van der Waals surface area contributed by atoms with Gasteiger partial charge in [0, 0.05) is 26.2 Å². The van der Waals surface area contributed by atoms with E-state index in [1.807, 2.05) is 25.1 Å².